The number of aliphatic hydroxyl groups excluding tert-OH is 1. The van der Waals surface area contributed by atoms with Crippen molar-refractivity contribution in [2.45, 2.75) is 85.0 Å². The van der Waals surface area contributed by atoms with Crippen LogP contribution in [-0.4, -0.2) is 186 Å². The van der Waals surface area contributed by atoms with E-state index in [9.17, 15) is 14.4 Å². The Morgan fingerprint density at radius 2 is 0.743 bits per heavy atom. The van der Waals surface area contributed by atoms with Crippen LogP contribution in [0.4, 0.5) is 14.4 Å². The highest BCUT2D eigenvalue weighted by atomic mass is 16.6. The minimum absolute atomic E-state index is 0.141. The molecule has 10 rings (SSSR count). The fraction of sp³-hybridized carbons (Fsp3) is 0.447. The molecule has 7 fully saturated rings. The van der Waals surface area contributed by atoms with Gasteiger partial charge < -0.3 is 53.5 Å². The molecule has 7 aliphatic rings. The maximum atomic E-state index is 12.1. The average Bonchev–Trinajstić information content (AvgIpc) is 2.00. The molecule has 101 heavy (non-hydrogen) atoms. The van der Waals surface area contributed by atoms with Gasteiger partial charge in [-0.2, -0.15) is 0 Å². The van der Waals surface area contributed by atoms with Crippen molar-refractivity contribution >= 4 is 18.3 Å². The molecule has 16 nitrogen and oxygen atoms in total. The van der Waals surface area contributed by atoms with Crippen LogP contribution in [0.5, 0.6) is 0 Å². The van der Waals surface area contributed by atoms with Gasteiger partial charge in [-0.25, -0.2) is 14.4 Å². The maximum Gasteiger partial charge on any atom is 0.410 e. The zero-order chi connectivity index (χ0) is 71.5. The van der Waals surface area contributed by atoms with Gasteiger partial charge in [0, 0.05) is 152 Å². The van der Waals surface area contributed by atoms with Crippen LogP contribution in [0.25, 0.3) is 0 Å². The Kier molecular flexibility index (Phi) is 43.7. The zero-order valence-electron chi connectivity index (χ0n) is 58.5. The average molecular weight is 1360 g/mol. The topological polar surface area (TPSA) is 155 Å². The van der Waals surface area contributed by atoms with Crippen molar-refractivity contribution in [3.63, 3.8) is 0 Å². The number of benzene rings is 3. The Morgan fingerprint density at radius 3 is 1.05 bits per heavy atom. The molecule has 3 aromatic carbocycles. The summed E-state index contributed by atoms with van der Waals surface area (Å²) >= 11 is 0. The van der Waals surface area contributed by atoms with Crippen molar-refractivity contribution in [3.05, 3.63) is 108 Å². The highest BCUT2D eigenvalue weighted by molar-refractivity contribution is 5.69. The molecule has 6 saturated heterocycles. The zero-order valence-corrected chi connectivity index (χ0v) is 58.5. The lowest BCUT2D eigenvalue weighted by atomic mass is 10.1. The van der Waals surface area contributed by atoms with E-state index in [1.54, 1.807) is 11.8 Å². The van der Waals surface area contributed by atoms with Crippen LogP contribution >= 0.6 is 0 Å². The second kappa shape index (κ2) is 54.4. The van der Waals surface area contributed by atoms with Crippen LogP contribution in [0.1, 0.15) is 81.9 Å². The van der Waals surface area contributed by atoms with E-state index in [0.29, 0.717) is 44.7 Å². The summed E-state index contributed by atoms with van der Waals surface area (Å²) in [7, 11) is 0. The number of amides is 3. The molecule has 2 N–H and O–H groups in total. The van der Waals surface area contributed by atoms with Gasteiger partial charge in [-0.05, 0) is 168 Å². The standard InChI is InChI=1S/C27H4.C17H24N2O3.C14H19NO2.C13H17NO3.C10H19NO.C4H9NO/c1-3-5-7-9-11-13-15-17-19-21-23-25-27-26-24-22-20-18-16-14-12-10-8-6-4-2;20-17(22-14-15-4-2-1-3-5-15)19-7-6-16(13-19)12-18-8-10-21-11-9-18;1-2-12-8-9-15(10-12)14(16)17-11-13-6-4-3-5-7-13;15-9-12-6-7-14(8-12)13(16)17-10-11-4-2-1-3-5-11;1-2-4-10(3-1)9-11-5-7-12-8-6-11;1-3-6-4-2-5-1/h1H,2H3;1-5,16H,6-14H2;3-7,12H,2,8-11H2,1H3;1-5,12,15H,6-10H2;10H,1-9H2;5H,1-4H2/t;16-;2*12-;;/m.011../s1. The smallest absolute Gasteiger partial charge is 0.410 e. The van der Waals surface area contributed by atoms with Gasteiger partial charge in [0.05, 0.1) is 39.6 Å². The number of nitrogens with zero attached hydrogens (tertiary/aromatic N) is 5. The lowest BCUT2D eigenvalue weighted by Gasteiger charge is -2.28. The summed E-state index contributed by atoms with van der Waals surface area (Å²) in [6.07, 6.45) is 14.3. The van der Waals surface area contributed by atoms with E-state index in [4.69, 9.17) is 40.0 Å². The predicted molar refractivity (Wildman–Crippen MR) is 394 cm³/mol. The van der Waals surface area contributed by atoms with Crippen molar-refractivity contribution in [1.29, 1.82) is 0 Å². The number of hydrogen-bond acceptors (Lipinski definition) is 13. The lowest BCUT2D eigenvalue weighted by Crippen LogP contribution is -2.40. The normalized spacial score (nSPS) is 17.2. The molecule has 6 aliphatic heterocycles. The van der Waals surface area contributed by atoms with Gasteiger partial charge in [0.1, 0.15) is 19.8 Å². The summed E-state index contributed by atoms with van der Waals surface area (Å²) in [6.45, 7) is 23.8. The van der Waals surface area contributed by atoms with Gasteiger partial charge in [-0.3, -0.25) is 9.80 Å². The SMILES string of the molecule is C#CC#CC#CC#CC#CC#CC#CC#CC#CC#CC#CC#CC#CC.C1CCC(CN2CCOCC2)C1.C1COCCN1.CC[C@@H]1CCN(C(=O)OCc2ccccc2)C1.O=C(OCc1ccccc1)N1CC[C@@H](CN2CCOCC2)C1.O=C(OCc1ccccc1)N1CC[C@@H](CO)C1. The summed E-state index contributed by atoms with van der Waals surface area (Å²) in [4.78, 5) is 45.9. The fourth-order valence-electron chi connectivity index (χ4n) is 10.8. The van der Waals surface area contributed by atoms with Gasteiger partial charge in [0.15, 0.2) is 0 Å². The molecule has 0 bridgehead atoms. The monoisotopic (exact) mass is 1360 g/mol. The van der Waals surface area contributed by atoms with E-state index in [1.807, 2.05) is 101 Å². The summed E-state index contributed by atoms with van der Waals surface area (Å²) < 4.78 is 31.6. The number of terminal acetylenes is 1. The predicted octanol–water partition coefficient (Wildman–Crippen LogP) is 8.47. The number of rotatable bonds is 12. The molecule has 0 unspecified atom stereocenters. The van der Waals surface area contributed by atoms with Gasteiger partial charge in [0.25, 0.3) is 0 Å². The molecule has 6 heterocycles. The molecule has 0 aromatic heterocycles. The Labute approximate surface area is 601 Å². The van der Waals surface area contributed by atoms with Gasteiger partial charge in [0.2, 0.25) is 0 Å². The highest BCUT2D eigenvalue weighted by Gasteiger charge is 2.30. The van der Waals surface area contributed by atoms with Crippen LogP contribution in [-0.2, 0) is 48.2 Å². The third-order valence-electron chi connectivity index (χ3n) is 16.2. The third-order valence-corrected chi connectivity index (χ3v) is 16.2. The number of hydrogen-bond donors (Lipinski definition) is 2. The summed E-state index contributed by atoms with van der Waals surface area (Å²) in [5.74, 6) is 64.3. The first-order valence-electron chi connectivity index (χ1n) is 34.5. The largest absolute Gasteiger partial charge is 0.445 e. The Bertz CT molecular complexity index is 3760. The molecule has 16 heteroatoms. The van der Waals surface area contributed by atoms with Crippen molar-refractivity contribution in [3.8, 4) is 154 Å². The summed E-state index contributed by atoms with van der Waals surface area (Å²) in [5.41, 5.74) is 3.05. The number of carbonyl (C=O) groups excluding carboxylic acids is 3. The van der Waals surface area contributed by atoms with Crippen molar-refractivity contribution in [1.82, 2.24) is 29.8 Å². The first kappa shape index (κ1) is 81.1. The number of ether oxygens (including phenoxy) is 6. The second-order valence-corrected chi connectivity index (χ2v) is 23.6. The Morgan fingerprint density at radius 1 is 0.426 bits per heavy atom. The van der Waals surface area contributed by atoms with Gasteiger partial charge in [-0.15, -0.1) is 6.42 Å². The third kappa shape index (κ3) is 39.0. The van der Waals surface area contributed by atoms with E-state index < -0.39 is 0 Å². The molecule has 1 aliphatic carbocycles. The Hall–Kier alpha value is -10.5. The molecule has 3 aromatic rings. The molecular weight excluding hydrogens is 1260 g/mol. The van der Waals surface area contributed by atoms with Gasteiger partial charge in [-0.1, -0.05) is 123 Å². The first-order valence-corrected chi connectivity index (χ1v) is 34.5. The van der Waals surface area contributed by atoms with E-state index in [1.165, 1.54) is 32.2 Å². The summed E-state index contributed by atoms with van der Waals surface area (Å²) in [5, 5.41) is 12.2. The van der Waals surface area contributed by atoms with Crippen LogP contribution in [0, 0.1) is 178 Å². The Balaban J connectivity index is 0.000000226. The minimum atomic E-state index is -0.287. The molecule has 1 saturated carbocycles. The number of aliphatic hydroxyl groups is 1. The molecule has 522 valence electrons. The van der Waals surface area contributed by atoms with Crippen LogP contribution in [0.15, 0.2) is 91.0 Å². The molecule has 3 atom stereocenters. The van der Waals surface area contributed by atoms with E-state index in [0.717, 1.165) is 160 Å². The number of morpholine rings is 3. The minimum Gasteiger partial charge on any atom is -0.445 e. The van der Waals surface area contributed by atoms with Crippen molar-refractivity contribution in [2.75, 3.05) is 138 Å². The fourth-order valence-corrected chi connectivity index (χ4v) is 10.8. The van der Waals surface area contributed by atoms with Crippen molar-refractivity contribution < 1.29 is 47.9 Å². The molecular formula is C85H92N6O10. The van der Waals surface area contributed by atoms with E-state index in [2.05, 4.69) is 170 Å². The number of nitrogens with one attached hydrogen (secondary N) is 1. The molecule has 0 spiro atoms. The van der Waals surface area contributed by atoms with Crippen molar-refractivity contribution in [2.24, 2.45) is 23.7 Å². The summed E-state index contributed by atoms with van der Waals surface area (Å²) in [6, 6.07) is 29.2. The number of carbonyl (C=O) groups is 3. The molecule has 0 radical (unpaired) electrons. The second-order valence-electron chi connectivity index (χ2n) is 23.6. The van der Waals surface area contributed by atoms with Gasteiger partial charge >= 0.3 is 18.3 Å². The number of likely N-dealkylation sites (tertiary alicyclic amines) is 3. The maximum absolute atomic E-state index is 12.1. The van der Waals surface area contributed by atoms with Crippen LogP contribution < -0.4 is 5.32 Å². The molecule has 3 amide bonds. The van der Waals surface area contributed by atoms with E-state index >= 15 is 0 Å². The first-order chi connectivity index (χ1) is 49.8. The quantitative estimate of drug-likeness (QED) is 0.132. The van der Waals surface area contributed by atoms with Crippen LogP contribution in [0.2, 0.25) is 0 Å². The van der Waals surface area contributed by atoms with Crippen LogP contribution in [0.3, 0.4) is 0 Å². The highest BCUT2D eigenvalue weighted by Crippen LogP contribution is 2.26. The lowest BCUT2D eigenvalue weighted by molar-refractivity contribution is 0.0309. The van der Waals surface area contributed by atoms with E-state index in [-0.39, 0.29) is 30.8 Å².